The third-order valence-corrected chi connectivity index (χ3v) is 6.62. The summed E-state index contributed by atoms with van der Waals surface area (Å²) in [7, 11) is -1.83. The summed E-state index contributed by atoms with van der Waals surface area (Å²) in [5, 5.41) is 4.98. The van der Waals surface area contributed by atoms with Crippen LogP contribution in [0.3, 0.4) is 0 Å². The fourth-order valence-corrected chi connectivity index (χ4v) is 5.78. The zero-order valence-electron chi connectivity index (χ0n) is 13.5. The van der Waals surface area contributed by atoms with Gasteiger partial charge >= 0.3 is 0 Å². The first-order valence-electron chi connectivity index (χ1n) is 7.29. The monoisotopic (exact) mass is 334 g/mol. The van der Waals surface area contributed by atoms with Gasteiger partial charge in [-0.2, -0.15) is 5.10 Å². The van der Waals surface area contributed by atoms with E-state index in [-0.39, 0.29) is 17.4 Å². The lowest BCUT2D eigenvalue weighted by atomic mass is 9.81. The van der Waals surface area contributed by atoms with Crippen molar-refractivity contribution in [3.63, 3.8) is 0 Å². The van der Waals surface area contributed by atoms with Crippen molar-refractivity contribution in [2.75, 3.05) is 12.8 Å². The van der Waals surface area contributed by atoms with Gasteiger partial charge in [0, 0.05) is 24.2 Å². The Bertz CT molecular complexity index is 868. The highest BCUT2D eigenvalue weighted by Crippen LogP contribution is 2.42. The number of fused-ring (bicyclic) bond motifs is 1. The molecule has 0 aromatic heterocycles. The maximum absolute atomic E-state index is 12.7. The van der Waals surface area contributed by atoms with Gasteiger partial charge in [-0.05, 0) is 30.2 Å². The predicted molar refractivity (Wildman–Crippen MR) is 85.3 cm³/mol. The number of nitrogens with zero attached hydrogens (tertiary/aromatic N) is 2. The predicted octanol–water partition coefficient (Wildman–Crippen LogP) is 1.32. The van der Waals surface area contributed by atoms with E-state index in [1.807, 2.05) is 13.8 Å². The van der Waals surface area contributed by atoms with Crippen LogP contribution in [0.2, 0.25) is 0 Å². The number of hydrogen-bond acceptors (Lipinski definition) is 5. The minimum atomic E-state index is -3.33. The Balaban J connectivity index is 2.13. The zero-order valence-corrected chi connectivity index (χ0v) is 14.3. The summed E-state index contributed by atoms with van der Waals surface area (Å²) in [5.74, 6) is -1.62. The molecule has 0 saturated heterocycles. The van der Waals surface area contributed by atoms with E-state index in [1.165, 1.54) is 25.4 Å². The molecule has 0 spiro atoms. The first-order valence-corrected chi connectivity index (χ1v) is 8.94. The largest absolute Gasteiger partial charge is 0.293 e. The molecule has 1 aromatic carbocycles. The molecule has 0 saturated carbocycles. The molecular formula is C16H18N2O4S. The van der Waals surface area contributed by atoms with Gasteiger partial charge in [0.25, 0.3) is 5.91 Å². The number of carbonyl (C=O) groups excluding carboxylic acids is 2. The molecule has 0 radical (unpaired) electrons. The summed E-state index contributed by atoms with van der Waals surface area (Å²) >= 11 is 0. The van der Waals surface area contributed by atoms with Crippen molar-refractivity contribution < 1.29 is 18.0 Å². The molecule has 3 rings (SSSR count). The molecule has 2 aliphatic rings. The van der Waals surface area contributed by atoms with Crippen molar-refractivity contribution in [2.45, 2.75) is 31.1 Å². The first-order chi connectivity index (χ1) is 10.6. The van der Waals surface area contributed by atoms with E-state index < -0.39 is 21.2 Å². The van der Waals surface area contributed by atoms with Crippen LogP contribution >= 0.6 is 0 Å². The number of rotatable bonds is 2. The number of hydrazone groups is 1. The minimum absolute atomic E-state index is 0.0281. The average molecular weight is 334 g/mol. The number of benzene rings is 1. The minimum Gasteiger partial charge on any atom is -0.293 e. The molecule has 2 heterocycles. The van der Waals surface area contributed by atoms with Crippen LogP contribution in [-0.4, -0.2) is 44.1 Å². The lowest BCUT2D eigenvalue weighted by Gasteiger charge is -2.21. The van der Waals surface area contributed by atoms with Crippen LogP contribution in [0, 0.1) is 12.8 Å². The highest BCUT2D eigenvalue weighted by molar-refractivity contribution is 7.91. The summed E-state index contributed by atoms with van der Waals surface area (Å²) in [6.45, 7) is 5.45. The van der Waals surface area contributed by atoms with E-state index >= 15 is 0 Å². The average Bonchev–Trinajstić information content (AvgIpc) is 2.85. The van der Waals surface area contributed by atoms with Gasteiger partial charge in [-0.3, -0.25) is 9.59 Å². The molecule has 1 aromatic rings. The van der Waals surface area contributed by atoms with Gasteiger partial charge in [-0.25, -0.2) is 13.4 Å². The number of hydrogen-bond donors (Lipinski definition) is 0. The molecule has 122 valence electrons. The first kappa shape index (κ1) is 15.9. The van der Waals surface area contributed by atoms with Gasteiger partial charge in [0.05, 0.1) is 10.6 Å². The number of ketones is 1. The molecule has 0 N–H and O–H groups in total. The topological polar surface area (TPSA) is 83.9 Å². The Hall–Kier alpha value is -2.02. The lowest BCUT2D eigenvalue weighted by molar-refractivity contribution is -0.129. The van der Waals surface area contributed by atoms with Gasteiger partial charge in [-0.15, -0.1) is 0 Å². The molecule has 1 atom stereocenters. The number of Topliss-reactive ketones (excluding diaryl/α,β-unsaturated/α-hetero) is 1. The number of amides is 1. The Kier molecular flexibility index (Phi) is 3.27. The van der Waals surface area contributed by atoms with Crippen LogP contribution in [-0.2, 0) is 20.0 Å². The van der Waals surface area contributed by atoms with Crippen molar-refractivity contribution in [3.8, 4) is 0 Å². The van der Waals surface area contributed by atoms with Crippen LogP contribution in [0.15, 0.2) is 22.1 Å². The molecule has 0 fully saturated rings. The highest BCUT2D eigenvalue weighted by atomic mass is 32.2. The van der Waals surface area contributed by atoms with Crippen LogP contribution < -0.4 is 0 Å². The molecule has 6 nitrogen and oxygen atoms in total. The summed E-state index contributed by atoms with van der Waals surface area (Å²) in [6, 6.07) is 2.99. The Labute approximate surface area is 135 Å². The van der Waals surface area contributed by atoms with Crippen molar-refractivity contribution >= 4 is 27.7 Å². The van der Waals surface area contributed by atoms with Crippen molar-refractivity contribution in [3.05, 3.63) is 28.8 Å². The number of carbonyl (C=O) groups is 2. The van der Waals surface area contributed by atoms with E-state index in [4.69, 9.17) is 0 Å². The van der Waals surface area contributed by atoms with Crippen LogP contribution in [0.4, 0.5) is 0 Å². The maximum Gasteiger partial charge on any atom is 0.258 e. The van der Waals surface area contributed by atoms with Crippen molar-refractivity contribution in [1.29, 1.82) is 0 Å². The second-order valence-electron chi connectivity index (χ2n) is 6.72. The third kappa shape index (κ3) is 2.22. The standard InChI is InChI=1S/C16H18N2O4S/c1-9-10(14(19)11-7-17-18(4)15(11)20)5-6-12-13(9)16(2,3)8-23(12,21)22/h5-7,11H,8H2,1-4H3. The van der Waals surface area contributed by atoms with E-state index in [9.17, 15) is 18.0 Å². The van der Waals surface area contributed by atoms with Crippen LogP contribution in [0.25, 0.3) is 0 Å². The Morgan fingerprint density at radius 1 is 1.35 bits per heavy atom. The van der Waals surface area contributed by atoms with E-state index in [2.05, 4.69) is 5.10 Å². The lowest BCUT2D eigenvalue weighted by Crippen LogP contribution is -2.29. The van der Waals surface area contributed by atoms with E-state index in [0.717, 1.165) is 5.01 Å². The molecule has 1 amide bonds. The van der Waals surface area contributed by atoms with E-state index in [0.29, 0.717) is 21.6 Å². The number of sulfone groups is 1. The molecule has 0 bridgehead atoms. The molecule has 7 heteroatoms. The van der Waals surface area contributed by atoms with Gasteiger partial charge in [0.2, 0.25) is 0 Å². The summed E-state index contributed by atoms with van der Waals surface area (Å²) in [6.07, 6.45) is 1.33. The van der Waals surface area contributed by atoms with Crippen molar-refractivity contribution in [1.82, 2.24) is 5.01 Å². The van der Waals surface area contributed by atoms with Crippen LogP contribution in [0.5, 0.6) is 0 Å². The normalized spacial score (nSPS) is 24.1. The zero-order chi connectivity index (χ0) is 17.2. The molecule has 0 aliphatic carbocycles. The van der Waals surface area contributed by atoms with Crippen LogP contribution in [0.1, 0.15) is 35.3 Å². The maximum atomic E-state index is 12.7. The third-order valence-electron chi connectivity index (χ3n) is 4.51. The van der Waals surface area contributed by atoms with E-state index in [1.54, 1.807) is 6.92 Å². The quantitative estimate of drug-likeness (QED) is 0.603. The molecule has 23 heavy (non-hydrogen) atoms. The van der Waals surface area contributed by atoms with Gasteiger partial charge in [0.15, 0.2) is 15.6 Å². The Morgan fingerprint density at radius 3 is 2.57 bits per heavy atom. The SMILES string of the molecule is Cc1c(C(=O)C2C=NN(C)C2=O)ccc2c1C(C)(C)CS2(=O)=O. The second-order valence-corrected chi connectivity index (χ2v) is 8.68. The molecule has 2 aliphatic heterocycles. The molecule has 1 unspecified atom stereocenters. The highest BCUT2D eigenvalue weighted by Gasteiger charge is 2.43. The van der Waals surface area contributed by atoms with Gasteiger partial charge in [-0.1, -0.05) is 13.8 Å². The molecular weight excluding hydrogens is 316 g/mol. The summed E-state index contributed by atoms with van der Waals surface area (Å²) < 4.78 is 24.6. The Morgan fingerprint density at radius 2 is 2.00 bits per heavy atom. The van der Waals surface area contributed by atoms with Gasteiger partial charge < -0.3 is 0 Å². The fourth-order valence-electron chi connectivity index (χ4n) is 3.51. The second kappa shape index (κ2) is 4.74. The smallest absolute Gasteiger partial charge is 0.258 e. The summed E-state index contributed by atoms with van der Waals surface area (Å²) in [5.41, 5.74) is 1.14. The fraction of sp³-hybridized carbons (Fsp3) is 0.438. The van der Waals surface area contributed by atoms with Crippen molar-refractivity contribution in [2.24, 2.45) is 11.0 Å². The summed E-state index contributed by atoms with van der Waals surface area (Å²) in [4.78, 5) is 25.0. The van der Waals surface area contributed by atoms with Gasteiger partial charge in [0.1, 0.15) is 5.92 Å².